The molecule has 0 bridgehead atoms. The Morgan fingerprint density at radius 3 is 1.84 bits per heavy atom. The van der Waals surface area contributed by atoms with Gasteiger partial charge in [-0.1, -0.05) is 176 Å². The number of fused-ring (bicyclic) bond motifs is 6. The minimum Gasteiger partial charge on any atom is -0.314 e. The Kier molecular flexibility index (Phi) is 11.1. The van der Waals surface area contributed by atoms with Crippen LogP contribution in [-0.4, -0.2) is 9.13 Å². The van der Waals surface area contributed by atoms with Gasteiger partial charge in [0.25, 0.3) is 0 Å². The van der Waals surface area contributed by atoms with Gasteiger partial charge in [-0.25, -0.2) is 0 Å². The summed E-state index contributed by atoms with van der Waals surface area (Å²) < 4.78 is 4.82. The van der Waals surface area contributed by atoms with Crippen molar-refractivity contribution >= 4 is 66.3 Å². The van der Waals surface area contributed by atoms with E-state index in [9.17, 15) is 0 Å². The summed E-state index contributed by atoms with van der Waals surface area (Å²) in [4.78, 5) is 2.43. The number of nitrogens with zero attached hydrogens (tertiary/aromatic N) is 3. The zero-order chi connectivity index (χ0) is 47.0. The van der Waals surface area contributed by atoms with Crippen LogP contribution in [0.5, 0.6) is 0 Å². The molecule has 0 atom stereocenters. The summed E-state index contributed by atoms with van der Waals surface area (Å²) in [5.41, 5.74) is 20.2. The quantitative estimate of drug-likeness (QED) is 0.118. The standard InChI is InChI=1S/C67H51N3/c1-3-5-26-53(4-2)70-63-33-17-15-30-59(63)62-46-52(48-36-40-55(41-37-48)68(54-27-13-8-14-28-54)57-29-19-25-51(44-57)47-21-9-6-10-22-47)45-61(67(62)70)50-38-42-56(43-39-50)69-64-34-18-16-31-60(64)66-58(32-20-35-65(66)69)49-23-11-7-12-24-49/h3-36,38-40,42-46H,2,37,41H2,1H3/b5-3-,53-26+. The van der Waals surface area contributed by atoms with Gasteiger partial charge in [0.15, 0.2) is 0 Å². The van der Waals surface area contributed by atoms with Crippen molar-refractivity contribution in [1.82, 2.24) is 9.13 Å². The number of para-hydroxylation sites is 3. The highest BCUT2D eigenvalue weighted by molar-refractivity contribution is 6.17. The molecule has 2 heterocycles. The minimum absolute atomic E-state index is 0.886. The van der Waals surface area contributed by atoms with Crippen molar-refractivity contribution < 1.29 is 0 Å². The van der Waals surface area contributed by atoms with E-state index in [1.54, 1.807) is 0 Å². The molecule has 0 saturated heterocycles. The van der Waals surface area contributed by atoms with Gasteiger partial charge in [0.1, 0.15) is 0 Å². The zero-order valence-electron chi connectivity index (χ0n) is 39.2. The first-order valence-corrected chi connectivity index (χ1v) is 24.3. The summed E-state index contributed by atoms with van der Waals surface area (Å²) in [5.74, 6) is 0. The maximum atomic E-state index is 4.33. The molecule has 0 spiro atoms. The molecule has 11 aromatic rings. The third-order valence-corrected chi connectivity index (χ3v) is 13.9. The van der Waals surface area contributed by atoms with Crippen molar-refractivity contribution in [3.05, 3.63) is 273 Å². The molecule has 0 amide bonds. The Labute approximate surface area is 409 Å². The lowest BCUT2D eigenvalue weighted by molar-refractivity contribution is 0.930. The van der Waals surface area contributed by atoms with E-state index in [1.165, 1.54) is 82.7 Å². The molecule has 0 radical (unpaired) electrons. The topological polar surface area (TPSA) is 13.1 Å². The van der Waals surface area contributed by atoms with Gasteiger partial charge in [-0.05, 0) is 144 Å². The Balaban J connectivity index is 1.02. The van der Waals surface area contributed by atoms with E-state index in [0.717, 1.165) is 46.7 Å². The highest BCUT2D eigenvalue weighted by Gasteiger charge is 2.23. The van der Waals surface area contributed by atoms with E-state index >= 15 is 0 Å². The molecule has 9 aromatic carbocycles. The molecule has 0 unspecified atom stereocenters. The summed E-state index contributed by atoms with van der Waals surface area (Å²) in [5, 5.41) is 4.94. The van der Waals surface area contributed by atoms with Crippen molar-refractivity contribution in [1.29, 1.82) is 0 Å². The van der Waals surface area contributed by atoms with Crippen molar-refractivity contribution in [2.45, 2.75) is 19.8 Å². The van der Waals surface area contributed by atoms with Crippen molar-refractivity contribution in [3.63, 3.8) is 0 Å². The maximum absolute atomic E-state index is 4.33. The second-order valence-electron chi connectivity index (χ2n) is 18.0. The molecule has 0 fully saturated rings. The first-order valence-electron chi connectivity index (χ1n) is 24.3. The Morgan fingerprint density at radius 2 is 1.11 bits per heavy atom. The summed E-state index contributed by atoms with van der Waals surface area (Å²) in [6.45, 7) is 6.39. The van der Waals surface area contributed by atoms with E-state index in [-0.39, 0.29) is 0 Å². The molecule has 70 heavy (non-hydrogen) atoms. The molecule has 334 valence electrons. The first-order chi connectivity index (χ1) is 34.7. The van der Waals surface area contributed by atoms with Gasteiger partial charge < -0.3 is 14.0 Å². The molecule has 3 heteroatoms. The monoisotopic (exact) mass is 897 g/mol. The Morgan fingerprint density at radius 1 is 0.486 bits per heavy atom. The average Bonchev–Trinajstić information content (AvgIpc) is 3.95. The summed E-state index contributed by atoms with van der Waals surface area (Å²) in [7, 11) is 0. The molecular formula is C67H51N3. The van der Waals surface area contributed by atoms with Gasteiger partial charge in [0, 0.05) is 55.6 Å². The second kappa shape index (κ2) is 18.3. The normalized spacial score (nSPS) is 13.1. The predicted molar refractivity (Wildman–Crippen MR) is 300 cm³/mol. The van der Waals surface area contributed by atoms with Crippen LogP contribution in [0.4, 0.5) is 11.4 Å². The van der Waals surface area contributed by atoms with Crippen LogP contribution in [0.15, 0.2) is 267 Å². The van der Waals surface area contributed by atoms with Crippen LogP contribution in [0.25, 0.3) is 93.9 Å². The van der Waals surface area contributed by atoms with Gasteiger partial charge in [0.05, 0.1) is 22.1 Å². The summed E-state index contributed by atoms with van der Waals surface area (Å²) >= 11 is 0. The molecule has 1 aliphatic carbocycles. The van der Waals surface area contributed by atoms with Crippen molar-refractivity contribution in [2.24, 2.45) is 0 Å². The van der Waals surface area contributed by atoms with Gasteiger partial charge in [-0.3, -0.25) is 0 Å². The molecule has 0 N–H and O–H groups in total. The van der Waals surface area contributed by atoms with Crippen LogP contribution >= 0.6 is 0 Å². The van der Waals surface area contributed by atoms with Crippen molar-refractivity contribution in [2.75, 3.05) is 4.90 Å². The number of anilines is 2. The van der Waals surface area contributed by atoms with Crippen LogP contribution in [0.2, 0.25) is 0 Å². The predicted octanol–water partition coefficient (Wildman–Crippen LogP) is 18.4. The lowest BCUT2D eigenvalue weighted by atomic mass is 9.90. The molecule has 3 nitrogen and oxygen atoms in total. The number of rotatable bonds is 11. The number of hydrogen-bond acceptors (Lipinski definition) is 1. The van der Waals surface area contributed by atoms with Crippen LogP contribution in [0.3, 0.4) is 0 Å². The summed E-state index contributed by atoms with van der Waals surface area (Å²) in [6.07, 6.45) is 14.8. The fourth-order valence-electron chi connectivity index (χ4n) is 10.7. The Bertz CT molecular complexity index is 3880. The molecular weight excluding hydrogens is 847 g/mol. The van der Waals surface area contributed by atoms with E-state index < -0.39 is 0 Å². The molecule has 2 aromatic heterocycles. The zero-order valence-corrected chi connectivity index (χ0v) is 39.2. The van der Waals surface area contributed by atoms with Gasteiger partial charge in [-0.2, -0.15) is 0 Å². The highest BCUT2D eigenvalue weighted by Crippen LogP contribution is 2.44. The third-order valence-electron chi connectivity index (χ3n) is 13.9. The maximum Gasteiger partial charge on any atom is 0.0619 e. The molecule has 0 saturated carbocycles. The largest absolute Gasteiger partial charge is 0.314 e. The highest BCUT2D eigenvalue weighted by atomic mass is 15.1. The third kappa shape index (κ3) is 7.49. The van der Waals surface area contributed by atoms with Crippen LogP contribution in [0.1, 0.15) is 25.3 Å². The minimum atomic E-state index is 0.886. The lowest BCUT2D eigenvalue weighted by Crippen LogP contribution is -2.17. The smallest absolute Gasteiger partial charge is 0.0619 e. The second-order valence-corrected chi connectivity index (χ2v) is 18.0. The van der Waals surface area contributed by atoms with E-state index in [1.807, 2.05) is 6.08 Å². The SMILES string of the molecule is C=C/C(=C\C=C/C)n1c2ccccc2c2cc(C3=CC=C(N(c4ccccc4)c4cccc(-c5ccccc5)c4)CC3)cc(-c3ccc(-n4c5ccccc5c5c(-c6ccccc6)cccc54)cc3)c21. The van der Waals surface area contributed by atoms with E-state index in [0.29, 0.717) is 0 Å². The van der Waals surface area contributed by atoms with Gasteiger partial charge in [0.2, 0.25) is 0 Å². The number of aromatic nitrogens is 2. The van der Waals surface area contributed by atoms with Crippen LogP contribution in [-0.2, 0) is 0 Å². The van der Waals surface area contributed by atoms with Crippen molar-refractivity contribution in [3.8, 4) is 39.1 Å². The molecule has 12 rings (SSSR count). The number of allylic oxidation sites excluding steroid dienone is 9. The number of benzene rings is 9. The van der Waals surface area contributed by atoms with Gasteiger partial charge in [-0.15, -0.1) is 0 Å². The first kappa shape index (κ1) is 42.4. The fourth-order valence-corrected chi connectivity index (χ4v) is 10.7. The van der Waals surface area contributed by atoms with Crippen LogP contribution < -0.4 is 4.90 Å². The molecule has 0 aliphatic heterocycles. The van der Waals surface area contributed by atoms with E-state index in [2.05, 4.69) is 276 Å². The van der Waals surface area contributed by atoms with Gasteiger partial charge >= 0.3 is 0 Å². The molecule has 1 aliphatic rings. The average molecular weight is 898 g/mol. The Hall–Kier alpha value is -8.92. The number of hydrogen-bond donors (Lipinski definition) is 0. The fraction of sp³-hybridized carbons (Fsp3) is 0.0448. The van der Waals surface area contributed by atoms with E-state index in [4.69, 9.17) is 0 Å². The summed E-state index contributed by atoms with van der Waals surface area (Å²) in [6, 6.07) is 79.5. The van der Waals surface area contributed by atoms with Crippen LogP contribution in [0, 0.1) is 0 Å². The lowest BCUT2D eigenvalue weighted by Gasteiger charge is -2.30.